The maximum atomic E-state index is 13.3. The Morgan fingerprint density at radius 1 is 1.38 bits per heavy atom. The molecule has 2 N–H and O–H groups in total. The van der Waals surface area contributed by atoms with E-state index in [1.165, 1.54) is 12.8 Å². The largest absolute Gasteiger partial charge is 0.324 e. The van der Waals surface area contributed by atoms with Gasteiger partial charge >= 0.3 is 0 Å². The average Bonchev–Trinajstić information content (AvgIpc) is 3.07. The zero-order chi connectivity index (χ0) is 11.7. The first-order valence-electron chi connectivity index (χ1n) is 5.48. The lowest BCUT2D eigenvalue weighted by Crippen LogP contribution is -2.12. The normalized spacial score (nSPS) is 17.5. The second-order valence-electron chi connectivity index (χ2n) is 4.39. The third kappa shape index (κ3) is 2.61. The van der Waals surface area contributed by atoms with Crippen LogP contribution in [0.15, 0.2) is 16.6 Å². The van der Waals surface area contributed by atoms with E-state index in [2.05, 4.69) is 15.9 Å². The minimum atomic E-state index is -0.848. The van der Waals surface area contributed by atoms with Crippen LogP contribution in [0.25, 0.3) is 0 Å². The van der Waals surface area contributed by atoms with Gasteiger partial charge in [0.1, 0.15) is 0 Å². The predicted molar refractivity (Wildman–Crippen MR) is 62.9 cm³/mol. The van der Waals surface area contributed by atoms with Gasteiger partial charge in [0.05, 0.1) is 4.47 Å². The maximum Gasteiger partial charge on any atom is 0.173 e. The summed E-state index contributed by atoms with van der Waals surface area (Å²) in [5, 5.41) is 0. The summed E-state index contributed by atoms with van der Waals surface area (Å²) in [4.78, 5) is 0. The van der Waals surface area contributed by atoms with Crippen molar-refractivity contribution in [3.05, 3.63) is 33.8 Å². The summed E-state index contributed by atoms with van der Waals surface area (Å²) in [6, 6.07) is 2.47. The lowest BCUT2D eigenvalue weighted by molar-refractivity contribution is 0.496. The van der Waals surface area contributed by atoms with Gasteiger partial charge in [0.2, 0.25) is 0 Å². The Morgan fingerprint density at radius 3 is 2.69 bits per heavy atom. The smallest absolute Gasteiger partial charge is 0.173 e. The van der Waals surface area contributed by atoms with Crippen LogP contribution < -0.4 is 5.73 Å². The van der Waals surface area contributed by atoms with Crippen LogP contribution >= 0.6 is 15.9 Å². The number of halogens is 3. The Balaban J connectivity index is 2.09. The van der Waals surface area contributed by atoms with E-state index < -0.39 is 11.6 Å². The molecule has 1 aliphatic rings. The van der Waals surface area contributed by atoms with E-state index in [1.807, 2.05) is 0 Å². The van der Waals surface area contributed by atoms with Crippen LogP contribution in [-0.2, 0) is 0 Å². The van der Waals surface area contributed by atoms with Gasteiger partial charge in [-0.2, -0.15) is 0 Å². The van der Waals surface area contributed by atoms with Crippen molar-refractivity contribution in [2.24, 2.45) is 11.7 Å². The summed E-state index contributed by atoms with van der Waals surface area (Å²) >= 11 is 3.06. The average molecular weight is 290 g/mol. The molecule has 1 atom stereocenters. The van der Waals surface area contributed by atoms with E-state index in [-0.39, 0.29) is 10.5 Å². The number of benzene rings is 1. The first-order chi connectivity index (χ1) is 7.59. The van der Waals surface area contributed by atoms with Crippen molar-refractivity contribution in [2.45, 2.75) is 31.7 Å². The summed E-state index contributed by atoms with van der Waals surface area (Å²) in [6.45, 7) is 0. The number of rotatable bonds is 4. The Hall–Kier alpha value is -0.480. The van der Waals surface area contributed by atoms with Gasteiger partial charge < -0.3 is 5.73 Å². The van der Waals surface area contributed by atoms with Crippen LogP contribution in [0.2, 0.25) is 0 Å². The van der Waals surface area contributed by atoms with Crippen LogP contribution in [0.1, 0.15) is 37.3 Å². The molecule has 1 aromatic rings. The van der Waals surface area contributed by atoms with E-state index in [1.54, 1.807) is 6.07 Å². The molecule has 1 aromatic carbocycles. The van der Waals surface area contributed by atoms with Crippen molar-refractivity contribution in [1.29, 1.82) is 0 Å². The van der Waals surface area contributed by atoms with Crippen molar-refractivity contribution in [3.63, 3.8) is 0 Å². The monoisotopic (exact) mass is 289 g/mol. The quantitative estimate of drug-likeness (QED) is 0.836. The standard InChI is InChI=1S/C12H14BrF2N/c13-11-8(4-5-9(14)12(11)15)10(16)6-3-7-1-2-7/h4-5,7,10H,1-3,6,16H2. The fourth-order valence-corrected chi connectivity index (χ4v) is 2.42. The molecule has 1 aliphatic carbocycles. The number of hydrogen-bond donors (Lipinski definition) is 1. The molecule has 1 fully saturated rings. The zero-order valence-electron chi connectivity index (χ0n) is 8.85. The third-order valence-corrected chi connectivity index (χ3v) is 3.85. The van der Waals surface area contributed by atoms with E-state index in [4.69, 9.17) is 5.73 Å². The molecule has 0 aromatic heterocycles. The predicted octanol–water partition coefficient (Wildman–Crippen LogP) is 3.92. The van der Waals surface area contributed by atoms with Crippen molar-refractivity contribution in [2.75, 3.05) is 0 Å². The summed E-state index contributed by atoms with van der Waals surface area (Å²) in [5.41, 5.74) is 6.62. The third-order valence-electron chi connectivity index (χ3n) is 3.05. The highest BCUT2D eigenvalue weighted by Gasteiger charge is 2.23. The highest BCUT2D eigenvalue weighted by atomic mass is 79.9. The van der Waals surface area contributed by atoms with Crippen molar-refractivity contribution < 1.29 is 8.78 Å². The number of nitrogens with two attached hydrogens (primary N) is 1. The van der Waals surface area contributed by atoms with Gasteiger partial charge in [0.25, 0.3) is 0 Å². The minimum Gasteiger partial charge on any atom is -0.324 e. The minimum absolute atomic E-state index is 0.163. The van der Waals surface area contributed by atoms with Crippen LogP contribution in [0, 0.1) is 17.6 Å². The molecule has 0 radical (unpaired) electrons. The molecule has 4 heteroatoms. The SMILES string of the molecule is NC(CCC1CC1)c1ccc(F)c(F)c1Br. The van der Waals surface area contributed by atoms with E-state index in [0.29, 0.717) is 5.56 Å². The second kappa shape index (κ2) is 4.80. The molecular weight excluding hydrogens is 276 g/mol. The van der Waals surface area contributed by atoms with E-state index in [0.717, 1.165) is 24.8 Å². The second-order valence-corrected chi connectivity index (χ2v) is 5.18. The lowest BCUT2D eigenvalue weighted by atomic mass is 10.0. The first-order valence-corrected chi connectivity index (χ1v) is 6.28. The molecule has 2 rings (SSSR count). The Bertz CT molecular complexity index is 391. The Labute approximate surface area is 102 Å². The molecule has 16 heavy (non-hydrogen) atoms. The highest BCUT2D eigenvalue weighted by molar-refractivity contribution is 9.10. The van der Waals surface area contributed by atoms with Gasteiger partial charge in [-0.25, -0.2) is 8.78 Å². The van der Waals surface area contributed by atoms with Crippen LogP contribution in [0.5, 0.6) is 0 Å². The molecule has 88 valence electrons. The van der Waals surface area contributed by atoms with Gasteiger partial charge in [-0.1, -0.05) is 18.9 Å². The molecule has 1 unspecified atom stereocenters. The number of hydrogen-bond acceptors (Lipinski definition) is 1. The van der Waals surface area contributed by atoms with Gasteiger partial charge in [-0.3, -0.25) is 0 Å². The topological polar surface area (TPSA) is 26.0 Å². The van der Waals surface area contributed by atoms with E-state index >= 15 is 0 Å². The molecule has 0 saturated heterocycles. The van der Waals surface area contributed by atoms with Gasteiger partial charge in [0.15, 0.2) is 11.6 Å². The van der Waals surface area contributed by atoms with Gasteiger partial charge in [-0.05, 0) is 46.3 Å². The molecule has 1 saturated carbocycles. The molecule has 1 nitrogen and oxygen atoms in total. The molecule has 0 heterocycles. The van der Waals surface area contributed by atoms with Crippen molar-refractivity contribution in [1.82, 2.24) is 0 Å². The molecular formula is C12H14BrF2N. The summed E-state index contributed by atoms with van der Waals surface area (Å²) in [5.74, 6) is -0.889. The Kier molecular flexibility index (Phi) is 3.60. The Morgan fingerprint density at radius 2 is 2.06 bits per heavy atom. The van der Waals surface area contributed by atoms with Gasteiger partial charge in [-0.15, -0.1) is 0 Å². The van der Waals surface area contributed by atoms with Crippen LogP contribution in [0.3, 0.4) is 0 Å². The summed E-state index contributed by atoms with van der Waals surface area (Å²) < 4.78 is 26.3. The highest BCUT2D eigenvalue weighted by Crippen LogP contribution is 2.36. The van der Waals surface area contributed by atoms with Crippen molar-refractivity contribution in [3.8, 4) is 0 Å². The molecule has 0 aliphatic heterocycles. The molecule has 0 spiro atoms. The molecule has 0 amide bonds. The molecule has 0 bridgehead atoms. The first kappa shape index (κ1) is 12.0. The van der Waals surface area contributed by atoms with Gasteiger partial charge in [0, 0.05) is 6.04 Å². The maximum absolute atomic E-state index is 13.3. The van der Waals surface area contributed by atoms with Crippen LogP contribution in [0.4, 0.5) is 8.78 Å². The summed E-state index contributed by atoms with van der Waals surface area (Å²) in [7, 11) is 0. The lowest BCUT2D eigenvalue weighted by Gasteiger charge is -2.14. The fraction of sp³-hybridized carbons (Fsp3) is 0.500. The fourth-order valence-electron chi connectivity index (χ4n) is 1.80. The van der Waals surface area contributed by atoms with Crippen LogP contribution in [-0.4, -0.2) is 0 Å². The summed E-state index contributed by atoms with van der Waals surface area (Å²) in [6.07, 6.45) is 4.47. The van der Waals surface area contributed by atoms with E-state index in [9.17, 15) is 8.78 Å². The van der Waals surface area contributed by atoms with Crippen molar-refractivity contribution >= 4 is 15.9 Å². The zero-order valence-corrected chi connectivity index (χ0v) is 10.4.